The van der Waals surface area contributed by atoms with E-state index in [1.165, 1.54) is 19.3 Å². The van der Waals surface area contributed by atoms with Crippen LogP contribution in [-0.4, -0.2) is 69.5 Å². The number of rotatable bonds is 7. The van der Waals surface area contributed by atoms with E-state index >= 15 is 0 Å². The zero-order chi connectivity index (χ0) is 33.6. The SMILES string of the molecule is CC(=O)O[C@H]1[C@@H](OC(=O)c2cccnc2)C[C@@H](C)[C@]23OC(C)(C)[C@H](CC(OC(=O)c4ccccc4)[C@]12C)[C@H]3OC(=O)c1cccnc1. The summed E-state index contributed by atoms with van der Waals surface area (Å²) in [5.41, 5.74) is -2.73. The second-order valence-electron chi connectivity index (χ2n) is 13.3. The molecule has 1 aliphatic heterocycles. The Balaban J connectivity index is 1.48. The van der Waals surface area contributed by atoms with E-state index in [2.05, 4.69) is 9.97 Å². The van der Waals surface area contributed by atoms with E-state index in [0.717, 1.165) is 0 Å². The molecule has 3 aliphatic rings. The summed E-state index contributed by atoms with van der Waals surface area (Å²) in [6, 6.07) is 15.1. The molecule has 3 fully saturated rings. The molecule has 2 aliphatic carbocycles. The first kappa shape index (κ1) is 32.3. The molecule has 11 nitrogen and oxygen atoms in total. The Labute approximate surface area is 272 Å². The number of pyridine rings is 2. The number of benzene rings is 1. The Bertz CT molecular complexity index is 1650. The molecular formula is C36H38N2O9. The number of carbonyl (C=O) groups excluding carboxylic acids is 4. The first-order chi connectivity index (χ1) is 22.4. The summed E-state index contributed by atoms with van der Waals surface area (Å²) in [5.74, 6) is -3.29. The van der Waals surface area contributed by atoms with Crippen molar-refractivity contribution in [3.63, 3.8) is 0 Å². The Kier molecular flexibility index (Phi) is 8.38. The highest BCUT2D eigenvalue weighted by Gasteiger charge is 2.80. The van der Waals surface area contributed by atoms with Crippen molar-refractivity contribution in [2.75, 3.05) is 0 Å². The molecule has 3 heterocycles. The van der Waals surface area contributed by atoms with Gasteiger partial charge in [0.2, 0.25) is 0 Å². The Morgan fingerprint density at radius 1 is 0.723 bits per heavy atom. The van der Waals surface area contributed by atoms with Gasteiger partial charge in [-0.2, -0.15) is 0 Å². The fourth-order valence-corrected chi connectivity index (χ4v) is 8.09. The van der Waals surface area contributed by atoms with Crippen LogP contribution in [0.1, 0.15) is 78.5 Å². The van der Waals surface area contributed by atoms with Crippen LogP contribution in [-0.2, 0) is 28.5 Å². The zero-order valence-corrected chi connectivity index (χ0v) is 27.0. The molecule has 2 bridgehead atoms. The van der Waals surface area contributed by atoms with Crippen LogP contribution in [0.2, 0.25) is 0 Å². The molecule has 3 aromatic rings. The van der Waals surface area contributed by atoms with Crippen molar-refractivity contribution in [1.82, 2.24) is 9.97 Å². The van der Waals surface area contributed by atoms with Crippen LogP contribution >= 0.6 is 0 Å². The summed E-state index contributed by atoms with van der Waals surface area (Å²) < 4.78 is 31.9. The van der Waals surface area contributed by atoms with Crippen molar-refractivity contribution < 1.29 is 42.9 Å². The molecule has 1 saturated heterocycles. The summed E-state index contributed by atoms with van der Waals surface area (Å²) in [6.07, 6.45) is 2.48. The third-order valence-corrected chi connectivity index (χ3v) is 10.2. The lowest BCUT2D eigenvalue weighted by molar-refractivity contribution is -0.300. The minimum atomic E-state index is -1.37. The maximum absolute atomic E-state index is 13.7. The number of fused-ring (bicyclic) bond motifs is 1. The average molecular weight is 643 g/mol. The lowest BCUT2D eigenvalue weighted by Gasteiger charge is -2.62. The number of hydrogen-bond acceptors (Lipinski definition) is 11. The van der Waals surface area contributed by atoms with E-state index in [9.17, 15) is 19.2 Å². The molecule has 246 valence electrons. The lowest BCUT2D eigenvalue weighted by Crippen LogP contribution is -2.76. The van der Waals surface area contributed by atoms with Gasteiger partial charge in [-0.3, -0.25) is 14.8 Å². The van der Waals surface area contributed by atoms with Gasteiger partial charge in [-0.15, -0.1) is 0 Å². The number of ether oxygens (including phenoxy) is 5. The fraction of sp³-hybridized carbons (Fsp3) is 0.444. The highest BCUT2D eigenvalue weighted by Crippen LogP contribution is 2.68. The third-order valence-electron chi connectivity index (χ3n) is 10.2. The molecule has 1 unspecified atom stereocenters. The van der Waals surface area contributed by atoms with Crippen LogP contribution in [0.25, 0.3) is 0 Å². The van der Waals surface area contributed by atoms with Gasteiger partial charge in [-0.05, 0) is 75.9 Å². The largest absolute Gasteiger partial charge is 0.458 e. The number of carbonyl (C=O) groups is 4. The quantitative estimate of drug-likeness (QED) is 0.254. The maximum Gasteiger partial charge on any atom is 0.340 e. The highest BCUT2D eigenvalue weighted by molar-refractivity contribution is 5.90. The topological polar surface area (TPSA) is 140 Å². The van der Waals surface area contributed by atoms with Gasteiger partial charge in [0.05, 0.1) is 27.7 Å². The Morgan fingerprint density at radius 2 is 1.30 bits per heavy atom. The summed E-state index contributed by atoms with van der Waals surface area (Å²) in [7, 11) is 0. The fourth-order valence-electron chi connectivity index (χ4n) is 8.09. The monoisotopic (exact) mass is 642 g/mol. The minimum Gasteiger partial charge on any atom is -0.458 e. The van der Waals surface area contributed by atoms with Crippen LogP contribution in [0.5, 0.6) is 0 Å². The molecule has 6 rings (SSSR count). The maximum atomic E-state index is 13.7. The molecule has 47 heavy (non-hydrogen) atoms. The smallest absolute Gasteiger partial charge is 0.340 e. The first-order valence-corrected chi connectivity index (χ1v) is 15.7. The molecule has 1 spiro atoms. The molecule has 2 saturated carbocycles. The molecule has 0 amide bonds. The Morgan fingerprint density at radius 3 is 1.87 bits per heavy atom. The van der Waals surface area contributed by atoms with Crippen molar-refractivity contribution >= 4 is 23.9 Å². The molecule has 0 radical (unpaired) electrons. The van der Waals surface area contributed by atoms with Crippen molar-refractivity contribution in [1.29, 1.82) is 0 Å². The van der Waals surface area contributed by atoms with Crippen molar-refractivity contribution in [2.45, 2.75) is 83.1 Å². The van der Waals surface area contributed by atoms with Gasteiger partial charge in [0.15, 0.2) is 6.10 Å². The van der Waals surface area contributed by atoms with E-state index in [-0.39, 0.29) is 24.0 Å². The number of hydrogen-bond donors (Lipinski definition) is 0. The Hall–Kier alpha value is -4.64. The van der Waals surface area contributed by atoms with Gasteiger partial charge in [0.1, 0.15) is 23.9 Å². The van der Waals surface area contributed by atoms with E-state index in [0.29, 0.717) is 5.56 Å². The van der Waals surface area contributed by atoms with E-state index in [1.807, 2.05) is 27.7 Å². The van der Waals surface area contributed by atoms with Gasteiger partial charge < -0.3 is 23.7 Å². The summed E-state index contributed by atoms with van der Waals surface area (Å²) in [5, 5.41) is 0. The predicted octanol–water partition coefficient (Wildman–Crippen LogP) is 5.00. The van der Waals surface area contributed by atoms with Crippen LogP contribution in [0.15, 0.2) is 79.4 Å². The molecule has 1 aromatic carbocycles. The van der Waals surface area contributed by atoms with Gasteiger partial charge in [-0.1, -0.05) is 25.1 Å². The molecule has 0 N–H and O–H groups in total. The van der Waals surface area contributed by atoms with Crippen LogP contribution in [0.3, 0.4) is 0 Å². The van der Waals surface area contributed by atoms with Gasteiger partial charge in [0.25, 0.3) is 0 Å². The lowest BCUT2D eigenvalue weighted by atomic mass is 9.48. The van der Waals surface area contributed by atoms with Crippen molar-refractivity contribution in [3.8, 4) is 0 Å². The van der Waals surface area contributed by atoms with Crippen molar-refractivity contribution in [2.24, 2.45) is 17.3 Å². The van der Waals surface area contributed by atoms with E-state index in [4.69, 9.17) is 23.7 Å². The second-order valence-corrected chi connectivity index (χ2v) is 13.3. The number of esters is 4. The summed E-state index contributed by atoms with van der Waals surface area (Å²) >= 11 is 0. The molecule has 8 atom stereocenters. The van der Waals surface area contributed by atoms with E-state index in [1.54, 1.807) is 67.0 Å². The van der Waals surface area contributed by atoms with Crippen LogP contribution in [0.4, 0.5) is 0 Å². The third kappa shape index (κ3) is 5.46. The van der Waals surface area contributed by atoms with Gasteiger partial charge in [-0.25, -0.2) is 14.4 Å². The predicted molar refractivity (Wildman–Crippen MR) is 166 cm³/mol. The summed E-state index contributed by atoms with van der Waals surface area (Å²) in [6.45, 7) is 8.84. The highest BCUT2D eigenvalue weighted by atomic mass is 16.6. The van der Waals surface area contributed by atoms with E-state index < -0.39 is 76.7 Å². The molecular weight excluding hydrogens is 604 g/mol. The van der Waals surface area contributed by atoms with Gasteiger partial charge in [0, 0.05) is 37.6 Å². The van der Waals surface area contributed by atoms with Crippen LogP contribution < -0.4 is 0 Å². The summed E-state index contributed by atoms with van der Waals surface area (Å²) in [4.78, 5) is 61.6. The number of aromatic nitrogens is 2. The zero-order valence-electron chi connectivity index (χ0n) is 27.0. The number of nitrogens with zero attached hydrogens (tertiary/aromatic N) is 2. The average Bonchev–Trinajstić information content (AvgIpc) is 3.24. The standard InChI is InChI=1S/C36H38N2O9/c1-21-17-27(44-32(41)24-13-9-15-37-19-24)30(43-22(2)39)35(5)28(45-31(40)23-11-7-6-8-12-23)18-26-29(36(21,35)47-34(26,3)4)46-33(42)25-14-10-16-38-20-25/h6-16,19-21,26-30H,17-18H2,1-5H3/t21-,26-,27+,28?,29-,30+,35-,36-/m1/s1. The first-order valence-electron chi connectivity index (χ1n) is 15.7. The normalized spacial score (nSPS) is 31.9. The molecule has 11 heteroatoms. The van der Waals surface area contributed by atoms with Crippen molar-refractivity contribution in [3.05, 3.63) is 96.1 Å². The second kappa shape index (κ2) is 12.2. The minimum absolute atomic E-state index is 0.197. The molecule has 2 aromatic heterocycles. The van der Waals surface area contributed by atoms with Gasteiger partial charge >= 0.3 is 23.9 Å². The van der Waals surface area contributed by atoms with Crippen LogP contribution in [0, 0.1) is 17.3 Å².